The highest BCUT2D eigenvalue weighted by Crippen LogP contribution is 2.36. The van der Waals surface area contributed by atoms with E-state index in [1.54, 1.807) is 7.11 Å². The summed E-state index contributed by atoms with van der Waals surface area (Å²) in [4.78, 5) is 0. The fraction of sp³-hybridized carbons (Fsp3) is 0.800. The summed E-state index contributed by atoms with van der Waals surface area (Å²) in [6, 6.07) is 2.12. The average molecular weight is 266 g/mol. The molecule has 108 valence electrons. The van der Waals surface area contributed by atoms with Crippen LogP contribution in [0.1, 0.15) is 50.9 Å². The van der Waals surface area contributed by atoms with Crippen LogP contribution in [0.5, 0.6) is 0 Å². The molecule has 1 aliphatic carbocycles. The number of aliphatic hydroxyl groups excluding tert-OH is 1. The molecule has 1 saturated carbocycles. The van der Waals surface area contributed by atoms with Crippen molar-refractivity contribution in [3.05, 3.63) is 17.5 Å². The van der Waals surface area contributed by atoms with Gasteiger partial charge in [0.25, 0.3) is 0 Å². The van der Waals surface area contributed by atoms with Crippen LogP contribution in [-0.2, 0) is 24.1 Å². The number of hydrogen-bond acceptors (Lipinski definition) is 3. The van der Waals surface area contributed by atoms with Crippen LogP contribution in [0, 0.1) is 0 Å². The van der Waals surface area contributed by atoms with Crippen LogP contribution >= 0.6 is 0 Å². The van der Waals surface area contributed by atoms with E-state index in [0.29, 0.717) is 6.42 Å². The molecule has 4 heteroatoms. The van der Waals surface area contributed by atoms with Gasteiger partial charge < -0.3 is 9.84 Å². The van der Waals surface area contributed by atoms with E-state index >= 15 is 0 Å². The fourth-order valence-electron chi connectivity index (χ4n) is 3.16. The number of aromatic nitrogens is 2. The van der Waals surface area contributed by atoms with Gasteiger partial charge in [-0.2, -0.15) is 5.10 Å². The Bertz CT molecular complexity index is 408. The van der Waals surface area contributed by atoms with Crippen LogP contribution in [0.15, 0.2) is 6.07 Å². The third kappa shape index (κ3) is 2.84. The summed E-state index contributed by atoms with van der Waals surface area (Å²) in [5, 5.41) is 15.1. The first-order valence-electron chi connectivity index (χ1n) is 7.44. The third-order valence-electron chi connectivity index (χ3n) is 4.44. The Labute approximate surface area is 115 Å². The monoisotopic (exact) mass is 266 g/mol. The molecule has 0 radical (unpaired) electrons. The van der Waals surface area contributed by atoms with E-state index in [0.717, 1.165) is 50.0 Å². The predicted octanol–water partition coefficient (Wildman–Crippen LogP) is 2.33. The van der Waals surface area contributed by atoms with E-state index in [1.165, 1.54) is 0 Å². The Morgan fingerprint density at radius 3 is 2.63 bits per heavy atom. The molecular formula is C15H26N2O2. The predicted molar refractivity (Wildman–Crippen MR) is 75.2 cm³/mol. The van der Waals surface area contributed by atoms with Crippen molar-refractivity contribution < 1.29 is 9.84 Å². The Morgan fingerprint density at radius 1 is 1.42 bits per heavy atom. The van der Waals surface area contributed by atoms with Crippen molar-refractivity contribution in [1.29, 1.82) is 0 Å². The smallest absolute Gasteiger partial charge is 0.0940 e. The van der Waals surface area contributed by atoms with Gasteiger partial charge in [-0.15, -0.1) is 0 Å². The number of methoxy groups -OCH3 is 1. The van der Waals surface area contributed by atoms with Gasteiger partial charge in [-0.1, -0.05) is 19.8 Å². The van der Waals surface area contributed by atoms with Crippen LogP contribution in [0.25, 0.3) is 0 Å². The van der Waals surface area contributed by atoms with Gasteiger partial charge in [0.05, 0.1) is 17.4 Å². The van der Waals surface area contributed by atoms with E-state index in [1.807, 2.05) is 4.68 Å². The summed E-state index contributed by atoms with van der Waals surface area (Å²) in [6.07, 6.45) is 5.36. The standard InChI is InChI=1S/C15H26N2O2/c1-4-12-10-13(17(5-2)16-12)11-14(18)15(19-3)8-6-7-9-15/h10,14,18H,4-9,11H2,1-3H3. The minimum absolute atomic E-state index is 0.338. The lowest BCUT2D eigenvalue weighted by atomic mass is 9.91. The molecule has 1 aliphatic rings. The number of aryl methyl sites for hydroxylation is 2. The number of hydrogen-bond donors (Lipinski definition) is 1. The van der Waals surface area contributed by atoms with Gasteiger partial charge in [-0.25, -0.2) is 0 Å². The Kier molecular flexibility index (Phi) is 4.63. The highest BCUT2D eigenvalue weighted by Gasteiger charge is 2.41. The molecule has 0 aromatic carbocycles. The van der Waals surface area contributed by atoms with Gasteiger partial charge in [-0.05, 0) is 32.3 Å². The summed E-state index contributed by atoms with van der Waals surface area (Å²) in [5.41, 5.74) is 1.88. The summed E-state index contributed by atoms with van der Waals surface area (Å²) in [7, 11) is 1.73. The van der Waals surface area contributed by atoms with E-state index < -0.39 is 6.10 Å². The zero-order valence-electron chi connectivity index (χ0n) is 12.4. The van der Waals surface area contributed by atoms with Gasteiger partial charge in [0, 0.05) is 25.8 Å². The highest BCUT2D eigenvalue weighted by atomic mass is 16.5. The summed E-state index contributed by atoms with van der Waals surface area (Å²) in [6.45, 7) is 5.04. The number of nitrogens with zero attached hydrogens (tertiary/aromatic N) is 2. The molecule has 1 aromatic heterocycles. The average Bonchev–Trinajstić information content (AvgIpc) is 3.05. The number of rotatable bonds is 6. The SMILES string of the molecule is CCc1cc(CC(O)C2(OC)CCCC2)n(CC)n1. The molecule has 1 fully saturated rings. The lowest BCUT2D eigenvalue weighted by Gasteiger charge is -2.32. The van der Waals surface area contributed by atoms with E-state index in [4.69, 9.17) is 4.74 Å². The molecule has 1 aromatic rings. The van der Waals surface area contributed by atoms with Crippen LogP contribution in [0.3, 0.4) is 0 Å². The molecule has 4 nitrogen and oxygen atoms in total. The molecule has 19 heavy (non-hydrogen) atoms. The van der Waals surface area contributed by atoms with Crippen molar-refractivity contribution in [3.8, 4) is 0 Å². The molecular weight excluding hydrogens is 240 g/mol. The van der Waals surface area contributed by atoms with Gasteiger partial charge in [0.1, 0.15) is 0 Å². The van der Waals surface area contributed by atoms with E-state index in [-0.39, 0.29) is 5.60 Å². The van der Waals surface area contributed by atoms with Gasteiger partial charge in [0.2, 0.25) is 0 Å². The first-order valence-corrected chi connectivity index (χ1v) is 7.44. The first-order chi connectivity index (χ1) is 9.15. The molecule has 0 aliphatic heterocycles. The largest absolute Gasteiger partial charge is 0.390 e. The Hall–Kier alpha value is -0.870. The van der Waals surface area contributed by atoms with E-state index in [9.17, 15) is 5.11 Å². The molecule has 1 N–H and O–H groups in total. The van der Waals surface area contributed by atoms with Gasteiger partial charge >= 0.3 is 0 Å². The van der Waals surface area contributed by atoms with Crippen molar-refractivity contribution >= 4 is 0 Å². The van der Waals surface area contributed by atoms with Crippen LogP contribution < -0.4 is 0 Å². The molecule has 1 heterocycles. The molecule has 0 bridgehead atoms. The topological polar surface area (TPSA) is 47.3 Å². The molecule has 2 rings (SSSR count). The maximum absolute atomic E-state index is 10.6. The normalized spacial score (nSPS) is 19.8. The third-order valence-corrected chi connectivity index (χ3v) is 4.44. The Morgan fingerprint density at radius 2 is 2.11 bits per heavy atom. The second-order valence-electron chi connectivity index (χ2n) is 5.49. The summed E-state index contributed by atoms with van der Waals surface area (Å²) in [5.74, 6) is 0. The van der Waals surface area contributed by atoms with Crippen molar-refractivity contribution in [3.63, 3.8) is 0 Å². The number of ether oxygens (including phenoxy) is 1. The summed E-state index contributed by atoms with van der Waals surface area (Å²) >= 11 is 0. The molecule has 0 spiro atoms. The van der Waals surface area contributed by atoms with Crippen LogP contribution in [0.4, 0.5) is 0 Å². The fourth-order valence-corrected chi connectivity index (χ4v) is 3.16. The molecule has 0 amide bonds. The quantitative estimate of drug-likeness (QED) is 0.859. The first kappa shape index (κ1) is 14.5. The maximum Gasteiger partial charge on any atom is 0.0940 e. The second-order valence-corrected chi connectivity index (χ2v) is 5.49. The second kappa shape index (κ2) is 6.06. The Balaban J connectivity index is 2.13. The lowest BCUT2D eigenvalue weighted by Crippen LogP contribution is -2.43. The molecule has 1 atom stereocenters. The minimum Gasteiger partial charge on any atom is -0.390 e. The molecule has 0 saturated heterocycles. The minimum atomic E-state index is -0.438. The van der Waals surface area contributed by atoms with Crippen LogP contribution in [-0.4, -0.2) is 33.7 Å². The van der Waals surface area contributed by atoms with Gasteiger partial charge in [0.15, 0.2) is 0 Å². The molecule has 1 unspecified atom stereocenters. The van der Waals surface area contributed by atoms with Crippen molar-refractivity contribution in [2.45, 2.75) is 70.6 Å². The van der Waals surface area contributed by atoms with Crippen molar-refractivity contribution in [1.82, 2.24) is 9.78 Å². The van der Waals surface area contributed by atoms with Gasteiger partial charge in [-0.3, -0.25) is 4.68 Å². The van der Waals surface area contributed by atoms with Crippen molar-refractivity contribution in [2.75, 3.05) is 7.11 Å². The maximum atomic E-state index is 10.6. The summed E-state index contributed by atoms with van der Waals surface area (Å²) < 4.78 is 7.66. The lowest BCUT2D eigenvalue weighted by molar-refractivity contribution is -0.0976. The van der Waals surface area contributed by atoms with Crippen LogP contribution in [0.2, 0.25) is 0 Å². The zero-order valence-corrected chi connectivity index (χ0v) is 12.4. The van der Waals surface area contributed by atoms with Crippen molar-refractivity contribution in [2.24, 2.45) is 0 Å². The zero-order chi connectivity index (χ0) is 13.9. The van der Waals surface area contributed by atoms with E-state index in [2.05, 4.69) is 25.0 Å². The number of aliphatic hydroxyl groups is 1. The highest BCUT2D eigenvalue weighted by molar-refractivity contribution is 5.13.